The quantitative estimate of drug-likeness (QED) is 0.709. The molecule has 0 aliphatic carbocycles. The fourth-order valence-electron chi connectivity index (χ4n) is 1.49. The van der Waals surface area contributed by atoms with E-state index >= 15 is 0 Å². The first kappa shape index (κ1) is 12.9. The summed E-state index contributed by atoms with van der Waals surface area (Å²) in [6.45, 7) is 9.18. The second-order valence-corrected chi connectivity index (χ2v) is 5.43. The Hall–Kier alpha value is -1.13. The number of nitrogens with two attached hydrogens (primary N) is 2. The lowest BCUT2D eigenvalue weighted by Gasteiger charge is -2.25. The number of aromatic hydroxyl groups is 1. The maximum Gasteiger partial charge on any atom is 0.141 e. The Morgan fingerprint density at radius 2 is 1.62 bits per heavy atom. The molecule has 0 spiro atoms. The maximum atomic E-state index is 9.94. The summed E-state index contributed by atoms with van der Waals surface area (Å²) in [5, 5.41) is 9.94. The molecule has 0 atom stereocenters. The molecule has 4 nitrogen and oxygen atoms in total. The van der Waals surface area contributed by atoms with Crippen LogP contribution < -0.4 is 11.5 Å². The van der Waals surface area contributed by atoms with E-state index in [9.17, 15) is 5.11 Å². The van der Waals surface area contributed by atoms with Crippen LogP contribution in [-0.4, -0.2) is 10.1 Å². The molecular formula is C12H21N3O. The van der Waals surface area contributed by atoms with Gasteiger partial charge in [0.05, 0.1) is 16.9 Å². The third-order valence-corrected chi connectivity index (χ3v) is 2.52. The summed E-state index contributed by atoms with van der Waals surface area (Å²) in [6.07, 6.45) is 0. The first-order chi connectivity index (χ1) is 7.03. The molecule has 0 radical (unpaired) electrons. The summed E-state index contributed by atoms with van der Waals surface area (Å²) in [5.74, 6) is 0.153. The third kappa shape index (κ3) is 2.51. The second-order valence-electron chi connectivity index (χ2n) is 5.43. The zero-order valence-electron chi connectivity index (χ0n) is 10.6. The number of aryl methyl sites for hydroxylation is 1. The Morgan fingerprint density at radius 3 is 2.00 bits per heavy atom. The Labute approximate surface area is 96.7 Å². The van der Waals surface area contributed by atoms with Crippen molar-refractivity contribution in [1.82, 2.24) is 4.98 Å². The molecule has 1 heterocycles. The molecule has 1 rings (SSSR count). The van der Waals surface area contributed by atoms with Crippen molar-refractivity contribution in [3.05, 3.63) is 23.0 Å². The fourth-order valence-corrected chi connectivity index (χ4v) is 1.49. The average molecular weight is 223 g/mol. The lowest BCUT2D eigenvalue weighted by Crippen LogP contribution is -2.33. The first-order valence-electron chi connectivity index (χ1n) is 5.33. The van der Waals surface area contributed by atoms with E-state index in [-0.39, 0.29) is 5.75 Å². The Bertz CT molecular complexity index is 400. The largest absolute Gasteiger partial charge is 0.506 e. The second kappa shape index (κ2) is 3.71. The molecule has 0 bridgehead atoms. The molecule has 0 aromatic carbocycles. The fraction of sp³-hybridized carbons (Fsp3) is 0.583. The number of hydrogen-bond acceptors (Lipinski definition) is 4. The summed E-state index contributed by atoms with van der Waals surface area (Å²) in [4.78, 5) is 4.29. The molecule has 16 heavy (non-hydrogen) atoms. The van der Waals surface area contributed by atoms with Crippen LogP contribution in [-0.2, 0) is 11.1 Å². The zero-order valence-corrected chi connectivity index (χ0v) is 10.6. The molecule has 0 saturated carbocycles. The molecule has 5 N–H and O–H groups in total. The number of rotatable bonds is 2. The lowest BCUT2D eigenvalue weighted by molar-refractivity contribution is 0.427. The van der Waals surface area contributed by atoms with Crippen molar-refractivity contribution in [1.29, 1.82) is 0 Å². The van der Waals surface area contributed by atoms with E-state index in [4.69, 9.17) is 11.5 Å². The van der Waals surface area contributed by atoms with Crippen LogP contribution in [0.3, 0.4) is 0 Å². The maximum absolute atomic E-state index is 9.94. The molecule has 0 fully saturated rings. The van der Waals surface area contributed by atoms with Crippen molar-refractivity contribution in [2.45, 2.75) is 45.7 Å². The summed E-state index contributed by atoms with van der Waals surface area (Å²) in [7, 11) is 0. The normalized spacial score (nSPS) is 12.9. The van der Waals surface area contributed by atoms with Gasteiger partial charge in [0.2, 0.25) is 0 Å². The van der Waals surface area contributed by atoms with Gasteiger partial charge in [-0.05, 0) is 40.7 Å². The number of aromatic nitrogens is 1. The van der Waals surface area contributed by atoms with Gasteiger partial charge in [-0.3, -0.25) is 4.98 Å². The predicted molar refractivity (Wildman–Crippen MR) is 65.1 cm³/mol. The molecule has 90 valence electrons. The van der Waals surface area contributed by atoms with Gasteiger partial charge in [0.1, 0.15) is 5.75 Å². The minimum atomic E-state index is -0.613. The van der Waals surface area contributed by atoms with Crippen LogP contribution in [0.2, 0.25) is 0 Å². The van der Waals surface area contributed by atoms with E-state index < -0.39 is 11.1 Å². The van der Waals surface area contributed by atoms with Gasteiger partial charge in [0.15, 0.2) is 0 Å². The first-order valence-corrected chi connectivity index (χ1v) is 5.33. The predicted octanol–water partition coefficient (Wildman–Crippen LogP) is 1.48. The van der Waals surface area contributed by atoms with Crippen molar-refractivity contribution in [2.75, 3.05) is 0 Å². The number of hydrogen-bond donors (Lipinski definition) is 3. The van der Waals surface area contributed by atoms with Crippen LogP contribution in [0.1, 0.15) is 44.6 Å². The van der Waals surface area contributed by atoms with Crippen molar-refractivity contribution < 1.29 is 5.11 Å². The topological polar surface area (TPSA) is 85.2 Å². The SMILES string of the molecule is Cc1nc(C(C)(C)N)cc(C(C)(C)N)c1O. The summed E-state index contributed by atoms with van der Waals surface area (Å²) < 4.78 is 0. The van der Waals surface area contributed by atoms with Crippen LogP contribution in [0.4, 0.5) is 0 Å². The standard InChI is InChI=1S/C12H21N3O/c1-7-10(16)8(11(2,3)13)6-9(15-7)12(4,5)14/h6,16H,13-14H2,1-5H3. The van der Waals surface area contributed by atoms with Crippen LogP contribution in [0.5, 0.6) is 5.75 Å². The smallest absolute Gasteiger partial charge is 0.141 e. The van der Waals surface area contributed by atoms with Crippen molar-refractivity contribution in [3.8, 4) is 5.75 Å². The molecular weight excluding hydrogens is 202 g/mol. The van der Waals surface area contributed by atoms with Crippen LogP contribution in [0.25, 0.3) is 0 Å². The zero-order chi connectivity index (χ0) is 12.7. The Kier molecular flexibility index (Phi) is 3.00. The van der Waals surface area contributed by atoms with E-state index in [1.807, 2.05) is 27.7 Å². The van der Waals surface area contributed by atoms with E-state index in [0.29, 0.717) is 11.3 Å². The van der Waals surface area contributed by atoms with Crippen molar-refractivity contribution in [2.24, 2.45) is 11.5 Å². The van der Waals surface area contributed by atoms with Crippen molar-refractivity contribution >= 4 is 0 Å². The number of pyridine rings is 1. The minimum Gasteiger partial charge on any atom is -0.506 e. The van der Waals surface area contributed by atoms with Gasteiger partial charge in [-0.2, -0.15) is 0 Å². The highest BCUT2D eigenvalue weighted by atomic mass is 16.3. The molecule has 1 aromatic rings. The molecule has 1 aromatic heterocycles. The van der Waals surface area contributed by atoms with Crippen molar-refractivity contribution in [3.63, 3.8) is 0 Å². The molecule has 4 heteroatoms. The van der Waals surface area contributed by atoms with Gasteiger partial charge in [-0.1, -0.05) is 0 Å². The molecule has 0 amide bonds. The molecule has 0 saturated heterocycles. The van der Waals surface area contributed by atoms with E-state index in [1.54, 1.807) is 13.0 Å². The lowest BCUT2D eigenvalue weighted by atomic mass is 9.90. The monoisotopic (exact) mass is 223 g/mol. The number of nitrogens with zero attached hydrogens (tertiary/aromatic N) is 1. The summed E-state index contributed by atoms with van der Waals surface area (Å²) in [6, 6.07) is 1.78. The summed E-state index contributed by atoms with van der Waals surface area (Å²) in [5.41, 5.74) is 12.8. The third-order valence-electron chi connectivity index (χ3n) is 2.52. The average Bonchev–Trinajstić information content (AvgIpc) is 2.05. The highest BCUT2D eigenvalue weighted by molar-refractivity contribution is 5.42. The molecule has 0 unspecified atom stereocenters. The highest BCUT2D eigenvalue weighted by Crippen LogP contribution is 2.31. The van der Waals surface area contributed by atoms with Crippen LogP contribution in [0.15, 0.2) is 6.07 Å². The molecule has 0 aliphatic rings. The van der Waals surface area contributed by atoms with E-state index in [1.165, 1.54) is 0 Å². The van der Waals surface area contributed by atoms with E-state index in [0.717, 1.165) is 5.69 Å². The van der Waals surface area contributed by atoms with E-state index in [2.05, 4.69) is 4.98 Å². The molecule has 0 aliphatic heterocycles. The van der Waals surface area contributed by atoms with Gasteiger partial charge in [0, 0.05) is 11.1 Å². The van der Waals surface area contributed by atoms with Crippen LogP contribution >= 0.6 is 0 Å². The Morgan fingerprint density at radius 1 is 1.12 bits per heavy atom. The van der Waals surface area contributed by atoms with Gasteiger partial charge in [0.25, 0.3) is 0 Å². The minimum absolute atomic E-state index is 0.153. The Balaban J connectivity index is 3.46. The van der Waals surface area contributed by atoms with Gasteiger partial charge >= 0.3 is 0 Å². The van der Waals surface area contributed by atoms with Gasteiger partial charge in [-0.15, -0.1) is 0 Å². The highest BCUT2D eigenvalue weighted by Gasteiger charge is 2.25. The summed E-state index contributed by atoms with van der Waals surface area (Å²) >= 11 is 0. The van der Waals surface area contributed by atoms with Gasteiger partial charge in [-0.25, -0.2) is 0 Å². The van der Waals surface area contributed by atoms with Gasteiger partial charge < -0.3 is 16.6 Å². The van der Waals surface area contributed by atoms with Crippen LogP contribution in [0, 0.1) is 6.92 Å².